The fourth-order valence-electron chi connectivity index (χ4n) is 2.16. The zero-order chi connectivity index (χ0) is 19.6. The number of rotatable bonds is 6. The van der Waals surface area contributed by atoms with Crippen LogP contribution in [0.25, 0.3) is 11.5 Å². The monoisotopic (exact) mass is 394 g/mol. The van der Waals surface area contributed by atoms with Gasteiger partial charge in [-0.25, -0.2) is 21.9 Å². The Morgan fingerprint density at radius 2 is 2.00 bits per heavy atom. The van der Waals surface area contributed by atoms with Crippen LogP contribution >= 0.6 is 0 Å². The fourth-order valence-corrected chi connectivity index (χ4v) is 3.09. The van der Waals surface area contributed by atoms with Crippen LogP contribution in [0.4, 0.5) is 4.39 Å². The molecule has 0 amide bonds. The lowest BCUT2D eigenvalue weighted by atomic mass is 10.2. The van der Waals surface area contributed by atoms with Gasteiger partial charge in [0.05, 0.1) is 16.7 Å². The standard InChI is InChI=1S/C17H15FN2O6S/c1-20(2)27(22,23)12-5-6-14(18)13(9-12)17(21)25-10-11-8-16(26-19-11)15-4-3-7-24-15/h3-9H,10H2,1-2H3. The number of halogens is 1. The molecule has 0 bridgehead atoms. The second kappa shape index (κ2) is 7.33. The van der Waals surface area contributed by atoms with Gasteiger partial charge >= 0.3 is 5.97 Å². The molecule has 3 rings (SSSR count). The van der Waals surface area contributed by atoms with Crippen molar-refractivity contribution in [2.24, 2.45) is 0 Å². The minimum Gasteiger partial charge on any atom is -0.461 e. The summed E-state index contributed by atoms with van der Waals surface area (Å²) in [6.45, 7) is -0.285. The highest BCUT2D eigenvalue weighted by Gasteiger charge is 2.22. The number of ether oxygens (including phenoxy) is 1. The summed E-state index contributed by atoms with van der Waals surface area (Å²) in [7, 11) is -1.16. The van der Waals surface area contributed by atoms with Crippen LogP contribution in [-0.2, 0) is 21.4 Å². The van der Waals surface area contributed by atoms with E-state index in [1.807, 2.05) is 0 Å². The Kier molecular flexibility index (Phi) is 5.10. The molecule has 2 heterocycles. The van der Waals surface area contributed by atoms with Gasteiger partial charge in [-0.2, -0.15) is 0 Å². The van der Waals surface area contributed by atoms with E-state index in [2.05, 4.69) is 5.16 Å². The van der Waals surface area contributed by atoms with Gasteiger partial charge in [-0.3, -0.25) is 0 Å². The lowest BCUT2D eigenvalue weighted by Crippen LogP contribution is -2.22. The third-order valence-corrected chi connectivity index (χ3v) is 5.42. The number of carbonyl (C=O) groups is 1. The van der Waals surface area contributed by atoms with Crippen molar-refractivity contribution < 1.29 is 31.3 Å². The molecule has 0 saturated carbocycles. The molecule has 3 aromatic rings. The molecule has 0 aliphatic carbocycles. The minimum atomic E-state index is -3.82. The number of hydrogen-bond acceptors (Lipinski definition) is 7. The van der Waals surface area contributed by atoms with Crippen molar-refractivity contribution >= 4 is 16.0 Å². The molecule has 0 N–H and O–H groups in total. The van der Waals surface area contributed by atoms with E-state index in [4.69, 9.17) is 13.7 Å². The highest BCUT2D eigenvalue weighted by Crippen LogP contribution is 2.22. The number of aromatic nitrogens is 1. The number of furan rings is 1. The molecule has 0 aliphatic heterocycles. The summed E-state index contributed by atoms with van der Waals surface area (Å²) in [5.74, 6) is -1.12. The summed E-state index contributed by atoms with van der Waals surface area (Å²) in [6, 6.07) is 7.77. The number of carbonyl (C=O) groups excluding carboxylic acids is 1. The number of nitrogens with zero attached hydrogens (tertiary/aromatic N) is 2. The first kappa shape index (κ1) is 18.8. The molecule has 0 unspecified atom stereocenters. The zero-order valence-electron chi connectivity index (χ0n) is 14.4. The molecule has 8 nitrogen and oxygen atoms in total. The second-order valence-corrected chi connectivity index (χ2v) is 7.82. The molecule has 0 saturated heterocycles. The largest absolute Gasteiger partial charge is 0.461 e. The van der Waals surface area contributed by atoms with Crippen molar-refractivity contribution in [1.29, 1.82) is 0 Å². The molecule has 0 radical (unpaired) electrons. The van der Waals surface area contributed by atoms with Gasteiger partial charge in [-0.15, -0.1) is 0 Å². The van der Waals surface area contributed by atoms with E-state index in [9.17, 15) is 17.6 Å². The van der Waals surface area contributed by atoms with E-state index in [1.54, 1.807) is 12.1 Å². The quantitative estimate of drug-likeness (QED) is 0.592. The fraction of sp³-hybridized carbons (Fsp3) is 0.176. The predicted octanol–water partition coefficient (Wildman–Crippen LogP) is 2.68. The normalized spacial score (nSPS) is 11.7. The van der Waals surface area contributed by atoms with Crippen LogP contribution < -0.4 is 0 Å². The second-order valence-electron chi connectivity index (χ2n) is 5.67. The Labute approximate surface area is 154 Å². The molecule has 0 atom stereocenters. The van der Waals surface area contributed by atoms with E-state index < -0.39 is 27.4 Å². The topological polar surface area (TPSA) is 103 Å². The van der Waals surface area contributed by atoms with Crippen LogP contribution in [0, 0.1) is 5.82 Å². The zero-order valence-corrected chi connectivity index (χ0v) is 15.2. The molecule has 142 valence electrons. The smallest absolute Gasteiger partial charge is 0.341 e. The average Bonchev–Trinajstić information content (AvgIpc) is 3.31. The highest BCUT2D eigenvalue weighted by atomic mass is 32.2. The lowest BCUT2D eigenvalue weighted by Gasteiger charge is -2.12. The van der Waals surface area contributed by atoms with Gasteiger partial charge < -0.3 is 13.7 Å². The van der Waals surface area contributed by atoms with Crippen LogP contribution in [0.2, 0.25) is 0 Å². The van der Waals surface area contributed by atoms with Gasteiger partial charge in [0.15, 0.2) is 5.76 Å². The summed E-state index contributed by atoms with van der Waals surface area (Å²) >= 11 is 0. The molecule has 10 heteroatoms. The van der Waals surface area contributed by atoms with Crippen molar-refractivity contribution in [3.8, 4) is 11.5 Å². The maximum atomic E-state index is 14.0. The Bertz CT molecular complexity index is 1060. The molecule has 27 heavy (non-hydrogen) atoms. The van der Waals surface area contributed by atoms with Crippen molar-refractivity contribution in [3.63, 3.8) is 0 Å². The molecular formula is C17H15FN2O6S. The van der Waals surface area contributed by atoms with E-state index in [0.717, 1.165) is 22.5 Å². The van der Waals surface area contributed by atoms with E-state index in [0.29, 0.717) is 11.5 Å². The molecular weight excluding hydrogens is 379 g/mol. The van der Waals surface area contributed by atoms with Crippen LogP contribution in [0.15, 0.2) is 56.5 Å². The van der Waals surface area contributed by atoms with E-state index in [-0.39, 0.29) is 17.2 Å². The first-order valence-corrected chi connectivity index (χ1v) is 9.11. The first-order chi connectivity index (χ1) is 12.8. The SMILES string of the molecule is CN(C)S(=O)(=O)c1ccc(F)c(C(=O)OCc2cc(-c3ccco3)on2)c1. The van der Waals surface area contributed by atoms with Crippen molar-refractivity contribution in [2.75, 3.05) is 14.1 Å². The van der Waals surface area contributed by atoms with Gasteiger partial charge in [0.2, 0.25) is 15.8 Å². The summed E-state index contributed by atoms with van der Waals surface area (Å²) in [4.78, 5) is 12.0. The third-order valence-electron chi connectivity index (χ3n) is 3.61. The lowest BCUT2D eigenvalue weighted by molar-refractivity contribution is 0.0458. The van der Waals surface area contributed by atoms with Crippen LogP contribution in [0.5, 0.6) is 0 Å². The Balaban J connectivity index is 1.75. The Hall–Kier alpha value is -2.98. The molecule has 0 aliphatic rings. The van der Waals surface area contributed by atoms with Crippen LogP contribution in [0.1, 0.15) is 16.1 Å². The van der Waals surface area contributed by atoms with Gasteiger partial charge in [-0.05, 0) is 30.3 Å². The molecule has 2 aromatic heterocycles. The Morgan fingerprint density at radius 3 is 2.67 bits per heavy atom. The maximum Gasteiger partial charge on any atom is 0.341 e. The summed E-state index contributed by atoms with van der Waals surface area (Å²) in [5.41, 5.74) is -0.208. The van der Waals surface area contributed by atoms with Crippen LogP contribution in [-0.4, -0.2) is 37.9 Å². The van der Waals surface area contributed by atoms with E-state index >= 15 is 0 Å². The van der Waals surface area contributed by atoms with E-state index in [1.165, 1.54) is 26.4 Å². The maximum absolute atomic E-state index is 14.0. The number of esters is 1. The Morgan fingerprint density at radius 1 is 1.22 bits per heavy atom. The van der Waals surface area contributed by atoms with Gasteiger partial charge in [0.1, 0.15) is 18.1 Å². The summed E-state index contributed by atoms with van der Waals surface area (Å²) in [6.07, 6.45) is 1.47. The van der Waals surface area contributed by atoms with Crippen molar-refractivity contribution in [3.05, 3.63) is 59.7 Å². The van der Waals surface area contributed by atoms with Crippen molar-refractivity contribution in [2.45, 2.75) is 11.5 Å². The third kappa shape index (κ3) is 3.91. The van der Waals surface area contributed by atoms with Crippen molar-refractivity contribution in [1.82, 2.24) is 9.46 Å². The molecule has 1 aromatic carbocycles. The number of sulfonamides is 1. The van der Waals surface area contributed by atoms with Gasteiger partial charge in [0.25, 0.3) is 0 Å². The number of benzene rings is 1. The molecule has 0 spiro atoms. The predicted molar refractivity (Wildman–Crippen MR) is 90.6 cm³/mol. The highest BCUT2D eigenvalue weighted by molar-refractivity contribution is 7.89. The summed E-state index contributed by atoms with van der Waals surface area (Å²) < 4.78 is 54.4. The average molecular weight is 394 g/mol. The molecule has 0 fully saturated rings. The first-order valence-electron chi connectivity index (χ1n) is 7.67. The van der Waals surface area contributed by atoms with Gasteiger partial charge in [-0.1, -0.05) is 5.16 Å². The van der Waals surface area contributed by atoms with Gasteiger partial charge in [0, 0.05) is 20.2 Å². The summed E-state index contributed by atoms with van der Waals surface area (Å²) in [5, 5.41) is 3.73. The number of hydrogen-bond donors (Lipinski definition) is 0. The van der Waals surface area contributed by atoms with Crippen LogP contribution in [0.3, 0.4) is 0 Å². The minimum absolute atomic E-state index is 0.220.